The summed E-state index contributed by atoms with van der Waals surface area (Å²) in [7, 11) is 0. The molecule has 0 radical (unpaired) electrons. The van der Waals surface area contributed by atoms with Gasteiger partial charge in [0.2, 0.25) is 0 Å². The number of hydrogen-bond acceptors (Lipinski definition) is 3. The molecule has 0 heterocycles. The van der Waals surface area contributed by atoms with Crippen LogP contribution in [0.1, 0.15) is 0 Å². The molecule has 0 saturated carbocycles. The van der Waals surface area contributed by atoms with Crippen LogP contribution in [-0.2, 0) is 3.10 Å². The van der Waals surface area contributed by atoms with Crippen LogP contribution in [-0.4, -0.2) is 20.4 Å². The molecule has 3 nitrogen and oxygen atoms in total. The SMILES string of the molecule is O=[Te]([O-])[O-].[Cs+].[Cs+]. The van der Waals surface area contributed by atoms with E-state index in [4.69, 9.17) is 10.0 Å². The van der Waals surface area contributed by atoms with Crippen LogP contribution in [0.15, 0.2) is 0 Å². The fourth-order valence-electron chi connectivity index (χ4n) is 0. The van der Waals surface area contributed by atoms with Gasteiger partial charge in [0.1, 0.15) is 0 Å². The monoisotopic (exact) mass is 444 g/mol. The van der Waals surface area contributed by atoms with E-state index in [-0.39, 0.29) is 138 Å². The van der Waals surface area contributed by atoms with Gasteiger partial charge in [0, 0.05) is 0 Å². The van der Waals surface area contributed by atoms with Gasteiger partial charge in [-0.3, -0.25) is 0 Å². The van der Waals surface area contributed by atoms with E-state index in [1.54, 1.807) is 0 Å². The summed E-state index contributed by atoms with van der Waals surface area (Å²) in [5.74, 6) is 0. The van der Waals surface area contributed by atoms with Crippen LogP contribution >= 0.6 is 0 Å². The smallest absolute Gasteiger partial charge is 1.00 e. The molecule has 0 atom stereocenters. The molecule has 0 aliphatic heterocycles. The molecule has 0 aliphatic rings. The Morgan fingerprint density at radius 1 is 1.17 bits per heavy atom. The van der Waals surface area contributed by atoms with E-state index < -0.39 is 20.4 Å². The van der Waals surface area contributed by atoms with Crippen molar-refractivity contribution in [3.8, 4) is 0 Å². The van der Waals surface area contributed by atoms with Gasteiger partial charge in [-0.15, -0.1) is 0 Å². The van der Waals surface area contributed by atoms with Crippen LogP contribution in [0.25, 0.3) is 0 Å². The normalized spacial score (nSPS) is 5.83. The summed E-state index contributed by atoms with van der Waals surface area (Å²) in [5, 5.41) is 0. The minimum absolute atomic E-state index is 0. The average molecular weight is 441 g/mol. The maximum absolute atomic E-state index is 8.59. The third-order valence-corrected chi connectivity index (χ3v) is 0. The maximum Gasteiger partial charge on any atom is 1.00 e. The van der Waals surface area contributed by atoms with Crippen molar-refractivity contribution in [1.29, 1.82) is 0 Å². The fourth-order valence-corrected chi connectivity index (χ4v) is 0. The molecule has 6 heavy (non-hydrogen) atoms. The largest absolute Gasteiger partial charge is 1.00 e. The van der Waals surface area contributed by atoms with E-state index in [9.17, 15) is 0 Å². The van der Waals surface area contributed by atoms with Crippen LogP contribution in [0.4, 0.5) is 0 Å². The molecule has 0 bridgehead atoms. The van der Waals surface area contributed by atoms with Gasteiger partial charge in [-0.25, -0.2) is 0 Å². The van der Waals surface area contributed by atoms with Gasteiger partial charge in [-0.2, -0.15) is 0 Å². The summed E-state index contributed by atoms with van der Waals surface area (Å²) in [6, 6.07) is 0. The van der Waals surface area contributed by atoms with Crippen molar-refractivity contribution in [3.63, 3.8) is 0 Å². The van der Waals surface area contributed by atoms with Crippen LogP contribution in [0.3, 0.4) is 0 Å². The Morgan fingerprint density at radius 2 is 1.17 bits per heavy atom. The Bertz CT molecular complexity index is 31.8. The topological polar surface area (TPSA) is 63.2 Å². The Kier molecular flexibility index (Phi) is 34.7. The predicted octanol–water partition coefficient (Wildman–Crippen LogP) is -8.87. The fraction of sp³-hybridized carbons (Fsp3) is 0. The van der Waals surface area contributed by atoms with Gasteiger partial charge in [0.15, 0.2) is 0 Å². The van der Waals surface area contributed by atoms with Crippen LogP contribution in [0, 0.1) is 0 Å². The molecule has 26 valence electrons. The van der Waals surface area contributed by atoms with Gasteiger partial charge in [0.05, 0.1) is 0 Å². The van der Waals surface area contributed by atoms with E-state index in [1.807, 2.05) is 0 Å². The Balaban J connectivity index is -0.0000000450. The third-order valence-electron chi connectivity index (χ3n) is 0. The second-order valence-corrected chi connectivity index (χ2v) is 1.37. The summed E-state index contributed by atoms with van der Waals surface area (Å²) in [6.07, 6.45) is 0. The summed E-state index contributed by atoms with van der Waals surface area (Å²) < 4.78 is 25.8. The van der Waals surface area contributed by atoms with Gasteiger partial charge in [0.25, 0.3) is 0 Å². The molecule has 6 heteroatoms. The van der Waals surface area contributed by atoms with Crippen molar-refractivity contribution in [2.24, 2.45) is 0 Å². The van der Waals surface area contributed by atoms with Crippen LogP contribution < -0.4 is 145 Å². The standard InChI is InChI=1S/2Cs.H2O3Te/c;;1-4(2)3/h;;(H2,1,2,3)/q2*+1;/p-2. The van der Waals surface area contributed by atoms with Crippen LogP contribution in [0.5, 0.6) is 0 Å². The molecule has 0 amide bonds. The first-order valence-corrected chi connectivity index (χ1v) is 3.35. The van der Waals surface area contributed by atoms with Crippen molar-refractivity contribution in [2.45, 2.75) is 0 Å². The quantitative estimate of drug-likeness (QED) is 0.351. The Labute approximate surface area is 162 Å². The molecule has 0 unspecified atom stereocenters. The van der Waals surface area contributed by atoms with Crippen molar-refractivity contribution >= 4 is 20.4 Å². The summed E-state index contributed by atoms with van der Waals surface area (Å²) in [5.41, 5.74) is 0. The average Bonchev–Trinajstić information content (AvgIpc) is 0.811. The first-order valence-electron chi connectivity index (χ1n) is 0.500. The third kappa shape index (κ3) is 23.5. The molecular weight excluding hydrogens is 441 g/mol. The van der Waals surface area contributed by atoms with Gasteiger partial charge in [-0.1, -0.05) is 0 Å². The van der Waals surface area contributed by atoms with E-state index in [1.165, 1.54) is 0 Å². The minimum Gasteiger partial charge on any atom is 1.00 e. The molecule has 0 aromatic heterocycles. The van der Waals surface area contributed by atoms with Gasteiger partial charge >= 0.3 is 168 Å². The zero-order valence-corrected chi connectivity index (χ0v) is 18.5. The Hall–Kier alpha value is 4.61. The second kappa shape index (κ2) is 12.3. The van der Waals surface area contributed by atoms with E-state index in [2.05, 4.69) is 0 Å². The zero-order chi connectivity index (χ0) is 3.58. The summed E-state index contributed by atoms with van der Waals surface area (Å²) in [4.78, 5) is 0. The molecule has 0 saturated heterocycles. The first-order chi connectivity index (χ1) is 1.73. The molecule has 0 rings (SSSR count). The van der Waals surface area contributed by atoms with Crippen molar-refractivity contribution in [3.05, 3.63) is 0 Å². The summed E-state index contributed by atoms with van der Waals surface area (Å²) in [6.45, 7) is 0. The predicted molar refractivity (Wildman–Crippen MR) is 6.44 cm³/mol. The molecular formula is Cs2O3Te. The van der Waals surface area contributed by atoms with E-state index in [0.29, 0.717) is 0 Å². The summed E-state index contributed by atoms with van der Waals surface area (Å²) >= 11 is -4.11. The first kappa shape index (κ1) is 16.9. The van der Waals surface area contributed by atoms with Gasteiger partial charge < -0.3 is 0 Å². The van der Waals surface area contributed by atoms with Crippen LogP contribution in [0.2, 0.25) is 0 Å². The number of hydrogen-bond donors (Lipinski definition) is 0. The molecule has 0 aliphatic carbocycles. The van der Waals surface area contributed by atoms with Crippen molar-refractivity contribution < 1.29 is 148 Å². The zero-order valence-electron chi connectivity index (χ0n) is 3.63. The molecule has 0 spiro atoms. The van der Waals surface area contributed by atoms with Crippen molar-refractivity contribution in [2.75, 3.05) is 0 Å². The molecule has 0 aromatic rings. The minimum atomic E-state index is -4.11. The number of rotatable bonds is 0. The van der Waals surface area contributed by atoms with Crippen molar-refractivity contribution in [1.82, 2.24) is 0 Å². The maximum atomic E-state index is 8.59. The Morgan fingerprint density at radius 3 is 1.17 bits per heavy atom. The van der Waals surface area contributed by atoms with E-state index in [0.717, 1.165) is 0 Å². The van der Waals surface area contributed by atoms with E-state index >= 15 is 0 Å². The second-order valence-electron chi connectivity index (χ2n) is 0.204. The molecule has 0 N–H and O–H groups in total. The molecule has 0 aromatic carbocycles. The van der Waals surface area contributed by atoms with Gasteiger partial charge in [-0.05, 0) is 0 Å². The molecule has 0 fully saturated rings.